The van der Waals surface area contributed by atoms with Crippen molar-refractivity contribution < 1.29 is 14.1 Å². The van der Waals surface area contributed by atoms with E-state index >= 15 is 0 Å². The summed E-state index contributed by atoms with van der Waals surface area (Å²) in [6.07, 6.45) is 0. The molecule has 1 aliphatic heterocycles. The van der Waals surface area contributed by atoms with E-state index in [0.717, 1.165) is 39.1 Å². The van der Waals surface area contributed by atoms with Crippen molar-refractivity contribution in [2.45, 2.75) is 38.9 Å². The Morgan fingerprint density at radius 3 is 1.51 bits per heavy atom. The molecule has 1 aliphatic rings. The highest BCUT2D eigenvalue weighted by molar-refractivity contribution is 6.15. The molecule has 5 nitrogen and oxygen atoms in total. The molecule has 1 fully saturated rings. The van der Waals surface area contributed by atoms with Crippen LogP contribution in [0.1, 0.15) is 27.7 Å². The van der Waals surface area contributed by atoms with Gasteiger partial charge in [0.25, 0.3) is 0 Å². The van der Waals surface area contributed by atoms with Gasteiger partial charge in [0.05, 0.1) is 11.1 Å². The lowest BCUT2D eigenvalue weighted by molar-refractivity contribution is -0.0269. The molecule has 232 valence electrons. The van der Waals surface area contributed by atoms with Gasteiger partial charge in [0.2, 0.25) is 0 Å². The summed E-state index contributed by atoms with van der Waals surface area (Å²) in [6.45, 7) is 8.14. The first-order chi connectivity index (χ1) is 22.8. The van der Waals surface area contributed by atoms with Gasteiger partial charge < -0.3 is 9.32 Å². The van der Waals surface area contributed by atoms with Crippen LogP contribution in [0.25, 0.3) is 44.2 Å². The number of furan rings is 1. The van der Waals surface area contributed by atoms with Crippen LogP contribution in [0.3, 0.4) is 0 Å². The third kappa shape index (κ3) is 5.05. The van der Waals surface area contributed by atoms with Crippen LogP contribution in [-0.4, -0.2) is 11.2 Å². The second-order valence-electron chi connectivity index (χ2n) is 13.0. The predicted octanol–water partition coefficient (Wildman–Crippen LogP) is 11.6. The number of nitrogens with zero attached hydrogens (tertiary/aromatic N) is 2. The van der Waals surface area contributed by atoms with Gasteiger partial charge in [-0.3, -0.25) is 0 Å². The molecule has 0 atom stereocenters. The lowest BCUT2D eigenvalue weighted by Gasteiger charge is -2.26. The predicted molar refractivity (Wildman–Crippen MR) is 192 cm³/mol. The first-order valence-electron chi connectivity index (χ1n) is 16.0. The normalized spacial score (nSPS) is 15.4. The molecular weight excluding hydrogens is 580 g/mol. The fourth-order valence-corrected chi connectivity index (χ4v) is 6.19. The van der Waals surface area contributed by atoms with Gasteiger partial charge >= 0.3 is 0 Å². The third-order valence-electron chi connectivity index (χ3n) is 9.45. The van der Waals surface area contributed by atoms with Crippen LogP contribution in [0.2, 0.25) is 0 Å². The van der Waals surface area contributed by atoms with Crippen molar-refractivity contribution in [3.63, 3.8) is 0 Å². The fourth-order valence-electron chi connectivity index (χ4n) is 6.19. The Kier molecular flexibility index (Phi) is 6.90. The molecule has 7 aromatic rings. The molecule has 0 unspecified atom stereocenters. The zero-order valence-electron chi connectivity index (χ0n) is 27.0. The van der Waals surface area contributed by atoms with E-state index in [1.807, 2.05) is 58.0 Å². The van der Waals surface area contributed by atoms with Crippen LogP contribution < -0.4 is 10.1 Å². The molecule has 2 heterocycles. The number of benzene rings is 6. The average Bonchev–Trinajstić information content (AvgIpc) is 3.59. The number of anilines is 4. The molecule has 8 rings (SSSR count). The number of hydrogen-bond donors (Lipinski definition) is 0. The second-order valence-corrected chi connectivity index (χ2v) is 13.0. The van der Waals surface area contributed by atoms with Gasteiger partial charge in [-0.05, 0) is 92.4 Å². The highest BCUT2D eigenvalue weighted by Crippen LogP contribution is 2.47. The fraction of sp³-hybridized carbons (Fsp3) is 0.143. The summed E-state index contributed by atoms with van der Waals surface area (Å²) in [5, 5.41) is 3.52. The molecule has 0 N–H and O–H groups in total. The summed E-state index contributed by atoms with van der Waals surface area (Å²) in [7, 11) is 0. The summed E-state index contributed by atoms with van der Waals surface area (Å²) in [4.78, 5) is 14.9. The first kappa shape index (κ1) is 29.1. The van der Waals surface area contributed by atoms with Crippen molar-refractivity contribution in [3.05, 3.63) is 146 Å². The molecule has 6 aromatic carbocycles. The summed E-state index contributed by atoms with van der Waals surface area (Å²) < 4.78 is 6.62. The minimum atomic E-state index is -0.527. The highest BCUT2D eigenvalue weighted by Gasteiger charge is 2.50. The van der Waals surface area contributed by atoms with Crippen LogP contribution in [0.15, 0.2) is 150 Å². The Balaban J connectivity index is 1.29. The number of para-hydroxylation sites is 1. The van der Waals surface area contributed by atoms with Crippen LogP contribution >= 0.6 is 0 Å². The van der Waals surface area contributed by atoms with Gasteiger partial charge in [0.1, 0.15) is 22.5 Å². The van der Waals surface area contributed by atoms with E-state index in [1.165, 1.54) is 27.5 Å². The number of rotatable bonds is 6. The van der Waals surface area contributed by atoms with Gasteiger partial charge in [0, 0.05) is 16.8 Å². The van der Waals surface area contributed by atoms with Crippen LogP contribution in [0.4, 0.5) is 22.7 Å². The molecule has 47 heavy (non-hydrogen) atoms. The quantitative estimate of drug-likeness (QED) is 0.186. The van der Waals surface area contributed by atoms with Gasteiger partial charge in [-0.1, -0.05) is 103 Å². The summed E-state index contributed by atoms with van der Waals surface area (Å²) in [5.74, 6) is 0. The second kappa shape index (κ2) is 11.2. The molecule has 1 aromatic heterocycles. The minimum Gasteiger partial charge on any atom is -0.454 e. The highest BCUT2D eigenvalue weighted by atomic mass is 17.0. The smallest absolute Gasteiger partial charge is 0.163 e. The molecule has 0 amide bonds. The van der Waals surface area contributed by atoms with E-state index in [4.69, 9.17) is 14.1 Å². The van der Waals surface area contributed by atoms with Crippen LogP contribution in [-0.2, 0) is 9.68 Å². The monoisotopic (exact) mass is 616 g/mol. The Hall–Kier alpha value is -5.36. The topological polar surface area (TPSA) is 38.1 Å². The van der Waals surface area contributed by atoms with Crippen molar-refractivity contribution in [1.82, 2.24) is 0 Å². The van der Waals surface area contributed by atoms with Crippen molar-refractivity contribution in [2.75, 3.05) is 10.1 Å². The molecule has 0 spiro atoms. The van der Waals surface area contributed by atoms with Crippen molar-refractivity contribution in [3.8, 4) is 22.3 Å². The van der Waals surface area contributed by atoms with E-state index in [2.05, 4.69) is 120 Å². The van der Waals surface area contributed by atoms with Gasteiger partial charge in [-0.25, -0.2) is 9.68 Å². The molecule has 1 saturated heterocycles. The average molecular weight is 617 g/mol. The van der Waals surface area contributed by atoms with E-state index in [9.17, 15) is 0 Å². The summed E-state index contributed by atoms with van der Waals surface area (Å²) in [6, 6.07) is 50.8. The minimum absolute atomic E-state index is 0.527. The maximum absolute atomic E-state index is 6.62. The van der Waals surface area contributed by atoms with Gasteiger partial charge in [0.15, 0.2) is 5.58 Å². The Morgan fingerprint density at radius 2 is 0.979 bits per heavy atom. The van der Waals surface area contributed by atoms with E-state index in [0.29, 0.717) is 5.58 Å². The van der Waals surface area contributed by atoms with E-state index < -0.39 is 11.2 Å². The number of hydrogen-bond acceptors (Lipinski definition) is 5. The first-order valence-corrected chi connectivity index (χ1v) is 16.0. The van der Waals surface area contributed by atoms with Gasteiger partial charge in [-0.2, -0.15) is 0 Å². The molecule has 0 aliphatic carbocycles. The summed E-state index contributed by atoms with van der Waals surface area (Å²) in [5.41, 5.74) is 8.99. The Bertz CT molecular complexity index is 2090. The van der Waals surface area contributed by atoms with Crippen molar-refractivity contribution in [1.29, 1.82) is 0 Å². The third-order valence-corrected chi connectivity index (χ3v) is 9.45. The zero-order valence-corrected chi connectivity index (χ0v) is 27.0. The molecule has 0 radical (unpaired) electrons. The summed E-state index contributed by atoms with van der Waals surface area (Å²) >= 11 is 0. The maximum Gasteiger partial charge on any atom is 0.163 e. The Labute approximate surface area is 275 Å². The largest absolute Gasteiger partial charge is 0.454 e. The maximum atomic E-state index is 6.62. The van der Waals surface area contributed by atoms with Crippen molar-refractivity contribution in [2.24, 2.45) is 0 Å². The standard InChI is InChI=1S/C42H36N2O3/c1-41(2)42(3,4)47-44(46-41)37-19-11-17-35-39-36(18-12-20-38(39)45-40(35)37)43(33-25-21-31(22-26-33)29-13-7-5-8-14-29)34-27-23-32(24-28-34)30-15-9-6-10-16-30/h5-28H,1-4H3. The van der Waals surface area contributed by atoms with Crippen LogP contribution in [0.5, 0.6) is 0 Å². The van der Waals surface area contributed by atoms with Gasteiger partial charge in [-0.15, -0.1) is 5.23 Å². The molecule has 0 saturated carbocycles. The Morgan fingerprint density at radius 1 is 0.489 bits per heavy atom. The number of fused-ring (bicyclic) bond motifs is 3. The molecular formula is C42H36N2O3. The lowest BCUT2D eigenvalue weighted by Crippen LogP contribution is -2.41. The molecule has 5 heteroatoms. The lowest BCUT2D eigenvalue weighted by atomic mass is 9.90. The SMILES string of the molecule is CC1(C)ON(c2cccc3c2oc2cccc(N(c4ccc(-c5ccccc5)cc4)c4ccc(-c5ccccc5)cc4)c23)OC1(C)C. The van der Waals surface area contributed by atoms with Crippen LogP contribution in [0, 0.1) is 0 Å². The van der Waals surface area contributed by atoms with Crippen molar-refractivity contribution >= 4 is 44.7 Å². The van der Waals surface area contributed by atoms with E-state index in [1.54, 1.807) is 0 Å². The zero-order chi connectivity index (χ0) is 32.2. The molecule has 0 bridgehead atoms. The van der Waals surface area contributed by atoms with E-state index in [-0.39, 0.29) is 0 Å².